The van der Waals surface area contributed by atoms with Crippen LogP contribution in [0, 0.1) is 6.92 Å². The Kier molecular flexibility index (Phi) is 6.54. The number of benzene rings is 1. The Morgan fingerprint density at radius 3 is 2.94 bits per heavy atom. The molecule has 1 aromatic carbocycles. The minimum Gasteiger partial charge on any atom is -0.496 e. The number of rotatable bonds is 7. The maximum absolute atomic E-state index is 12.7. The fourth-order valence-corrected chi connectivity index (χ4v) is 4.24. The van der Waals surface area contributed by atoms with Crippen LogP contribution in [0.25, 0.3) is 0 Å². The molecule has 4 rings (SSSR count). The highest BCUT2D eigenvalue weighted by atomic mass is 16.5. The Morgan fingerprint density at radius 2 is 2.13 bits per heavy atom. The lowest BCUT2D eigenvalue weighted by atomic mass is 9.92. The fourth-order valence-electron chi connectivity index (χ4n) is 4.24. The Hall–Kier alpha value is -3.29. The van der Waals surface area contributed by atoms with Gasteiger partial charge in [0.05, 0.1) is 13.7 Å². The molecule has 8 heteroatoms. The summed E-state index contributed by atoms with van der Waals surface area (Å²) in [6.07, 6.45) is 4.76. The second-order valence-corrected chi connectivity index (χ2v) is 8.03. The number of piperidine rings is 1. The highest BCUT2D eigenvalue weighted by Crippen LogP contribution is 2.28. The number of methoxy groups -OCH3 is 1. The number of para-hydroxylation sites is 1. The maximum Gasteiger partial charge on any atom is 0.224 e. The van der Waals surface area contributed by atoms with Gasteiger partial charge in [-0.05, 0) is 59.5 Å². The van der Waals surface area contributed by atoms with E-state index in [0.717, 1.165) is 48.5 Å². The van der Waals surface area contributed by atoms with Gasteiger partial charge in [-0.15, -0.1) is 5.10 Å². The predicted octanol–water partition coefficient (Wildman–Crippen LogP) is 2.77. The van der Waals surface area contributed by atoms with E-state index in [1.54, 1.807) is 11.8 Å². The molecule has 0 spiro atoms. The molecule has 1 aliphatic rings. The topological polar surface area (TPSA) is 86.0 Å². The number of carbonyl (C=O) groups excluding carboxylic acids is 1. The summed E-state index contributed by atoms with van der Waals surface area (Å²) < 4.78 is 7.10. The molecule has 162 valence electrons. The Labute approximate surface area is 182 Å². The number of carbonyl (C=O) groups is 1. The average molecular weight is 421 g/mol. The highest BCUT2D eigenvalue weighted by Gasteiger charge is 2.26. The number of nitrogens with zero attached hydrogens (tertiary/aromatic N) is 6. The van der Waals surface area contributed by atoms with Gasteiger partial charge in [-0.3, -0.25) is 9.78 Å². The van der Waals surface area contributed by atoms with E-state index in [1.165, 1.54) is 11.9 Å². The number of pyridine rings is 1. The van der Waals surface area contributed by atoms with Crippen LogP contribution in [0.3, 0.4) is 0 Å². The van der Waals surface area contributed by atoms with E-state index in [9.17, 15) is 4.79 Å². The first-order valence-corrected chi connectivity index (χ1v) is 10.7. The molecule has 8 nitrogen and oxygen atoms in total. The van der Waals surface area contributed by atoms with Gasteiger partial charge in [-0.1, -0.05) is 18.2 Å². The van der Waals surface area contributed by atoms with Crippen molar-refractivity contribution in [3.05, 3.63) is 65.2 Å². The lowest BCUT2D eigenvalue weighted by molar-refractivity contribution is -0.132. The van der Waals surface area contributed by atoms with Crippen molar-refractivity contribution in [1.29, 1.82) is 0 Å². The van der Waals surface area contributed by atoms with E-state index in [2.05, 4.69) is 33.7 Å². The number of aryl methyl sites for hydroxylation is 2. The van der Waals surface area contributed by atoms with Gasteiger partial charge in [0.2, 0.25) is 5.91 Å². The molecular weight excluding hydrogens is 392 g/mol. The van der Waals surface area contributed by atoms with Gasteiger partial charge >= 0.3 is 0 Å². The SMILES string of the molecule is COc1ccccc1Cc1cc(C)nc([C@@H]2CCCN(C(=O)CCn3cnnn3)C2)c1. The van der Waals surface area contributed by atoms with Crippen molar-refractivity contribution < 1.29 is 9.53 Å². The summed E-state index contributed by atoms with van der Waals surface area (Å²) in [5.41, 5.74) is 4.45. The Balaban J connectivity index is 1.45. The first-order chi connectivity index (χ1) is 15.1. The van der Waals surface area contributed by atoms with Crippen LogP contribution >= 0.6 is 0 Å². The van der Waals surface area contributed by atoms with Crippen molar-refractivity contribution in [3.63, 3.8) is 0 Å². The zero-order chi connectivity index (χ0) is 21.6. The van der Waals surface area contributed by atoms with E-state index in [0.29, 0.717) is 19.5 Å². The summed E-state index contributed by atoms with van der Waals surface area (Å²) in [6.45, 7) is 4.04. The van der Waals surface area contributed by atoms with E-state index >= 15 is 0 Å². The molecule has 3 heterocycles. The monoisotopic (exact) mass is 420 g/mol. The van der Waals surface area contributed by atoms with Crippen molar-refractivity contribution in [2.75, 3.05) is 20.2 Å². The van der Waals surface area contributed by atoms with Crippen LogP contribution in [0.15, 0.2) is 42.7 Å². The van der Waals surface area contributed by atoms with E-state index in [1.807, 2.05) is 30.0 Å². The second kappa shape index (κ2) is 9.68. The van der Waals surface area contributed by atoms with E-state index in [4.69, 9.17) is 9.72 Å². The molecule has 1 saturated heterocycles. The molecule has 2 aromatic heterocycles. The lowest BCUT2D eigenvalue weighted by Gasteiger charge is -2.33. The molecule has 1 fully saturated rings. The van der Waals surface area contributed by atoms with Crippen molar-refractivity contribution in [2.45, 2.75) is 45.1 Å². The normalized spacial score (nSPS) is 16.3. The van der Waals surface area contributed by atoms with Crippen molar-refractivity contribution in [1.82, 2.24) is 30.1 Å². The quantitative estimate of drug-likeness (QED) is 0.584. The van der Waals surface area contributed by atoms with Crippen molar-refractivity contribution in [3.8, 4) is 5.75 Å². The highest BCUT2D eigenvalue weighted by molar-refractivity contribution is 5.76. The minimum absolute atomic E-state index is 0.141. The number of tetrazole rings is 1. The number of hydrogen-bond donors (Lipinski definition) is 0. The largest absolute Gasteiger partial charge is 0.496 e. The summed E-state index contributed by atoms with van der Waals surface area (Å²) in [6, 6.07) is 12.4. The minimum atomic E-state index is 0.141. The molecule has 1 amide bonds. The van der Waals surface area contributed by atoms with Crippen LogP contribution in [0.1, 0.15) is 47.7 Å². The third kappa shape index (κ3) is 5.25. The molecule has 0 N–H and O–H groups in total. The van der Waals surface area contributed by atoms with Crippen LogP contribution in [-0.2, 0) is 17.8 Å². The molecule has 0 aliphatic carbocycles. The standard InChI is InChI=1S/C23H28N6O2/c1-17-12-18(13-19-6-3-4-8-22(19)31-2)14-21(25-17)20-7-5-10-28(15-20)23(30)9-11-29-16-24-26-27-29/h3-4,6,8,12,14,16,20H,5,7,9-11,13,15H2,1-2H3/t20-/m1/s1. The van der Waals surface area contributed by atoms with Gasteiger partial charge in [0, 0.05) is 43.2 Å². The fraction of sp³-hybridized carbons (Fsp3) is 0.435. The van der Waals surface area contributed by atoms with E-state index in [-0.39, 0.29) is 11.8 Å². The third-order valence-corrected chi connectivity index (χ3v) is 5.76. The molecule has 0 bridgehead atoms. The Bertz CT molecular complexity index is 1020. The predicted molar refractivity (Wildman–Crippen MR) is 116 cm³/mol. The first-order valence-electron chi connectivity index (χ1n) is 10.7. The first kappa shape index (κ1) is 21.0. The van der Waals surface area contributed by atoms with Gasteiger partial charge in [0.25, 0.3) is 0 Å². The van der Waals surface area contributed by atoms with Crippen molar-refractivity contribution >= 4 is 5.91 Å². The number of hydrogen-bond acceptors (Lipinski definition) is 6. The van der Waals surface area contributed by atoms with Gasteiger partial charge in [-0.25, -0.2) is 4.68 Å². The molecular formula is C23H28N6O2. The number of amides is 1. The molecule has 0 unspecified atom stereocenters. The van der Waals surface area contributed by atoms with E-state index < -0.39 is 0 Å². The molecule has 0 radical (unpaired) electrons. The summed E-state index contributed by atoms with van der Waals surface area (Å²) in [7, 11) is 1.70. The van der Waals surface area contributed by atoms with Gasteiger partial charge in [0.1, 0.15) is 12.1 Å². The van der Waals surface area contributed by atoms with Crippen molar-refractivity contribution in [2.24, 2.45) is 0 Å². The van der Waals surface area contributed by atoms with Gasteiger partial charge in [0.15, 0.2) is 0 Å². The number of ether oxygens (including phenoxy) is 1. The summed E-state index contributed by atoms with van der Waals surface area (Å²) in [4.78, 5) is 19.5. The molecule has 31 heavy (non-hydrogen) atoms. The zero-order valence-electron chi connectivity index (χ0n) is 18.1. The van der Waals surface area contributed by atoms with Crippen LogP contribution < -0.4 is 4.74 Å². The Morgan fingerprint density at radius 1 is 1.26 bits per heavy atom. The second-order valence-electron chi connectivity index (χ2n) is 8.03. The molecule has 0 saturated carbocycles. The maximum atomic E-state index is 12.7. The van der Waals surface area contributed by atoms with Crippen LogP contribution in [0.2, 0.25) is 0 Å². The van der Waals surface area contributed by atoms with Gasteiger partial charge in [-0.2, -0.15) is 0 Å². The lowest BCUT2D eigenvalue weighted by Crippen LogP contribution is -2.39. The van der Waals surface area contributed by atoms with Crippen LogP contribution in [0.4, 0.5) is 0 Å². The van der Waals surface area contributed by atoms with Gasteiger partial charge < -0.3 is 9.64 Å². The third-order valence-electron chi connectivity index (χ3n) is 5.76. The average Bonchev–Trinajstić information content (AvgIpc) is 3.31. The van der Waals surface area contributed by atoms with Crippen LogP contribution in [0.5, 0.6) is 5.75 Å². The zero-order valence-corrected chi connectivity index (χ0v) is 18.1. The van der Waals surface area contributed by atoms with Crippen LogP contribution in [-0.4, -0.2) is 56.2 Å². The number of likely N-dealkylation sites (tertiary alicyclic amines) is 1. The summed E-state index contributed by atoms with van der Waals surface area (Å²) in [5.74, 6) is 1.29. The smallest absolute Gasteiger partial charge is 0.224 e. The number of aromatic nitrogens is 5. The summed E-state index contributed by atoms with van der Waals surface area (Å²) in [5, 5.41) is 11.1. The molecule has 1 aliphatic heterocycles. The molecule has 3 aromatic rings. The molecule has 1 atom stereocenters. The summed E-state index contributed by atoms with van der Waals surface area (Å²) >= 11 is 0.